The number of hydrogen-bond donors (Lipinski definition) is 4. The minimum Gasteiger partial charge on any atom is -0.461 e. The van der Waals surface area contributed by atoms with Crippen LogP contribution in [0, 0.1) is 0 Å². The number of halogens is 1. The van der Waals surface area contributed by atoms with Gasteiger partial charge in [0.05, 0.1) is 6.61 Å². The summed E-state index contributed by atoms with van der Waals surface area (Å²) in [7, 11) is -4.31. The number of nitrogens with one attached hydrogen (secondary N) is 1. The summed E-state index contributed by atoms with van der Waals surface area (Å²) in [5, 5.41) is 24.8. The molecule has 1 unspecified atom stereocenters. The van der Waals surface area contributed by atoms with Gasteiger partial charge in [0.2, 0.25) is 0 Å². The quantitative estimate of drug-likeness (QED) is 0.231. The zero-order valence-electron chi connectivity index (χ0n) is 22.1. The molecule has 13 nitrogen and oxygen atoms in total. The van der Waals surface area contributed by atoms with Gasteiger partial charge in [-0.1, -0.05) is 18.0 Å². The second kappa shape index (κ2) is 12.6. The first-order chi connectivity index (χ1) is 18.9. The molecule has 0 spiro atoms. The molecule has 1 aromatic carbocycles. The number of carbonyl (C=O) groups is 1. The van der Waals surface area contributed by atoms with Crippen molar-refractivity contribution in [2.24, 2.45) is 0 Å². The van der Waals surface area contributed by atoms with Crippen LogP contribution >= 0.6 is 19.3 Å². The Morgan fingerprint density at radius 3 is 2.62 bits per heavy atom. The summed E-state index contributed by atoms with van der Waals surface area (Å²) in [5.41, 5.74) is 2.78. The first-order valence-corrected chi connectivity index (χ1v) is 14.9. The lowest BCUT2D eigenvalue weighted by Gasteiger charge is -2.27. The van der Waals surface area contributed by atoms with Gasteiger partial charge in [0.1, 0.15) is 41.5 Å². The average molecular weight is 601 g/mol. The standard InChI is InChI=1S/C25H34ClN4O9P/c1-15(22(32)37-17-6-4-3-5-7-17)29-40(35,39-18-10-8-16(26)9-11-18)36-14-19-21(31)25(2,34)23(38-19)30-13-12-20(27)28-24(30)33/h8-13,15,17,19,21,23,31,34H,3-7,14H2,1-2H3,(H,29,35)(H2,27,28,33)/t15-,19+,21+,23+,25+,40?/m0/s1. The third-order valence-corrected chi connectivity index (χ3v) is 8.74. The fraction of sp³-hybridized carbons (Fsp3) is 0.560. The minimum absolute atomic E-state index is 0.0261. The molecular weight excluding hydrogens is 567 g/mol. The summed E-state index contributed by atoms with van der Waals surface area (Å²) in [6, 6.07) is 6.23. The van der Waals surface area contributed by atoms with Crippen molar-refractivity contribution in [3.8, 4) is 5.75 Å². The fourth-order valence-corrected chi connectivity index (χ4v) is 6.25. The van der Waals surface area contributed by atoms with E-state index < -0.39 is 56.1 Å². The van der Waals surface area contributed by atoms with Crippen molar-refractivity contribution in [3.05, 3.63) is 52.0 Å². The Kier molecular flexibility index (Phi) is 9.56. The van der Waals surface area contributed by atoms with Gasteiger partial charge in [0.15, 0.2) is 6.23 Å². The van der Waals surface area contributed by atoms with Crippen molar-refractivity contribution in [1.82, 2.24) is 14.6 Å². The number of aliphatic hydroxyl groups excluding tert-OH is 1. The van der Waals surface area contributed by atoms with Crippen LogP contribution < -0.4 is 21.0 Å². The van der Waals surface area contributed by atoms with E-state index in [0.29, 0.717) is 5.02 Å². The summed E-state index contributed by atoms with van der Waals surface area (Å²) < 4.78 is 37.4. The van der Waals surface area contributed by atoms with E-state index in [9.17, 15) is 24.4 Å². The highest BCUT2D eigenvalue weighted by Gasteiger charge is 2.54. The van der Waals surface area contributed by atoms with E-state index in [2.05, 4.69) is 10.1 Å². The molecule has 1 saturated heterocycles. The van der Waals surface area contributed by atoms with E-state index >= 15 is 0 Å². The lowest BCUT2D eigenvalue weighted by molar-refractivity contribution is -0.152. The molecule has 0 amide bonds. The highest BCUT2D eigenvalue weighted by molar-refractivity contribution is 7.52. The number of esters is 1. The number of rotatable bonds is 10. The summed E-state index contributed by atoms with van der Waals surface area (Å²) in [4.78, 5) is 28.7. The Morgan fingerprint density at radius 1 is 1.30 bits per heavy atom. The van der Waals surface area contributed by atoms with E-state index in [1.165, 1.54) is 50.4 Å². The number of aromatic nitrogens is 2. The van der Waals surface area contributed by atoms with Gasteiger partial charge in [-0.05, 0) is 69.9 Å². The largest absolute Gasteiger partial charge is 0.461 e. The molecule has 40 heavy (non-hydrogen) atoms. The van der Waals surface area contributed by atoms with Crippen LogP contribution in [0.25, 0.3) is 0 Å². The van der Waals surface area contributed by atoms with Crippen LogP contribution in [-0.2, 0) is 23.4 Å². The number of ether oxygens (including phenoxy) is 2. The van der Waals surface area contributed by atoms with Gasteiger partial charge in [-0.2, -0.15) is 10.1 Å². The summed E-state index contributed by atoms with van der Waals surface area (Å²) in [5.74, 6) is -0.516. The molecule has 0 radical (unpaired) electrons. The van der Waals surface area contributed by atoms with Crippen molar-refractivity contribution in [1.29, 1.82) is 0 Å². The first kappa shape index (κ1) is 30.4. The first-order valence-electron chi connectivity index (χ1n) is 13.0. The topological polar surface area (TPSA) is 184 Å². The van der Waals surface area contributed by atoms with Gasteiger partial charge in [0, 0.05) is 11.2 Å². The highest BCUT2D eigenvalue weighted by Crippen LogP contribution is 2.47. The Bertz CT molecular complexity index is 1290. The number of anilines is 1. The number of aliphatic hydroxyl groups is 2. The molecule has 2 aromatic rings. The molecule has 1 aromatic heterocycles. The van der Waals surface area contributed by atoms with Gasteiger partial charge < -0.3 is 29.9 Å². The molecule has 2 fully saturated rings. The van der Waals surface area contributed by atoms with Crippen LogP contribution in [0.5, 0.6) is 5.75 Å². The van der Waals surface area contributed by atoms with Crippen molar-refractivity contribution in [3.63, 3.8) is 0 Å². The van der Waals surface area contributed by atoms with E-state index in [-0.39, 0.29) is 17.7 Å². The van der Waals surface area contributed by atoms with Crippen molar-refractivity contribution < 1.29 is 38.1 Å². The molecule has 6 atom stereocenters. The lowest BCUT2D eigenvalue weighted by atomic mass is 9.96. The molecule has 2 aliphatic rings. The molecule has 220 valence electrons. The zero-order chi connectivity index (χ0) is 29.1. The predicted octanol–water partition coefficient (Wildman–Crippen LogP) is 2.55. The van der Waals surface area contributed by atoms with Crippen molar-refractivity contribution in [2.75, 3.05) is 12.3 Å². The smallest absolute Gasteiger partial charge is 0.459 e. The molecule has 5 N–H and O–H groups in total. The van der Waals surface area contributed by atoms with Crippen LogP contribution in [0.1, 0.15) is 52.2 Å². The molecule has 0 bridgehead atoms. The number of benzene rings is 1. The van der Waals surface area contributed by atoms with Crippen LogP contribution in [0.4, 0.5) is 5.82 Å². The minimum atomic E-state index is -4.31. The molecule has 1 aliphatic heterocycles. The Hall–Kier alpha value is -2.51. The molecule has 2 heterocycles. The summed E-state index contributed by atoms with van der Waals surface area (Å²) >= 11 is 5.94. The highest BCUT2D eigenvalue weighted by atomic mass is 35.5. The third-order valence-electron chi connectivity index (χ3n) is 6.85. The van der Waals surface area contributed by atoms with E-state index in [4.69, 9.17) is 35.9 Å². The second-order valence-electron chi connectivity index (χ2n) is 10.1. The SMILES string of the molecule is C[C@H](NP(=O)(OC[C@H]1O[C@@H](n2ccc(N)nc2=O)[C@](C)(O)[C@@H]1O)Oc1ccc(Cl)cc1)C(=O)OC1CCCCC1. The maximum atomic E-state index is 13.9. The van der Waals surface area contributed by atoms with E-state index in [1.807, 2.05) is 0 Å². The second-order valence-corrected chi connectivity index (χ2v) is 12.3. The molecule has 1 saturated carbocycles. The van der Waals surface area contributed by atoms with Gasteiger partial charge in [-0.3, -0.25) is 13.9 Å². The molecule has 1 aliphatic carbocycles. The average Bonchev–Trinajstić information content (AvgIpc) is 3.13. The zero-order valence-corrected chi connectivity index (χ0v) is 23.8. The maximum Gasteiger partial charge on any atom is 0.459 e. The van der Waals surface area contributed by atoms with Crippen LogP contribution in [-0.4, -0.2) is 62.3 Å². The monoisotopic (exact) mass is 600 g/mol. The predicted molar refractivity (Wildman–Crippen MR) is 145 cm³/mol. The number of nitrogen functional groups attached to an aromatic ring is 1. The Balaban J connectivity index is 1.49. The van der Waals surface area contributed by atoms with E-state index in [0.717, 1.165) is 36.7 Å². The molecule has 4 rings (SSSR count). The maximum absolute atomic E-state index is 13.9. The third kappa shape index (κ3) is 7.22. The van der Waals surface area contributed by atoms with Gasteiger partial charge in [0.25, 0.3) is 0 Å². The number of carbonyl (C=O) groups excluding carboxylic acids is 1. The number of nitrogens with two attached hydrogens (primary N) is 1. The van der Waals surface area contributed by atoms with Crippen LogP contribution in [0.3, 0.4) is 0 Å². The van der Waals surface area contributed by atoms with Gasteiger partial charge >= 0.3 is 19.4 Å². The number of hydrogen-bond acceptors (Lipinski definition) is 11. The lowest BCUT2D eigenvalue weighted by Crippen LogP contribution is -2.46. The fourth-order valence-electron chi connectivity index (χ4n) is 4.62. The van der Waals surface area contributed by atoms with Crippen LogP contribution in [0.15, 0.2) is 41.3 Å². The summed E-state index contributed by atoms with van der Waals surface area (Å²) in [6.07, 6.45) is 1.43. The number of nitrogens with zero attached hydrogens (tertiary/aromatic N) is 2. The van der Waals surface area contributed by atoms with Gasteiger partial charge in [-0.25, -0.2) is 9.36 Å². The molecular formula is C25H34ClN4O9P. The molecule has 15 heteroatoms. The van der Waals surface area contributed by atoms with Gasteiger partial charge in [-0.15, -0.1) is 0 Å². The summed E-state index contributed by atoms with van der Waals surface area (Å²) in [6.45, 7) is 2.19. The normalized spacial score (nSPS) is 27.6. The van der Waals surface area contributed by atoms with E-state index in [1.54, 1.807) is 0 Å². The Morgan fingerprint density at radius 2 is 1.98 bits per heavy atom. The van der Waals surface area contributed by atoms with Crippen molar-refractivity contribution in [2.45, 2.75) is 82.1 Å². The van der Waals surface area contributed by atoms with Crippen molar-refractivity contribution >= 4 is 31.1 Å². The van der Waals surface area contributed by atoms with Crippen LogP contribution in [0.2, 0.25) is 5.02 Å². The Labute approximate surface area is 236 Å².